The van der Waals surface area contributed by atoms with Crippen LogP contribution in [0.1, 0.15) is 39.0 Å². The molecule has 102 valence electrons. The highest BCUT2D eigenvalue weighted by Gasteiger charge is 2.35. The summed E-state index contributed by atoms with van der Waals surface area (Å²) in [5, 5.41) is 8.90. The molecule has 0 radical (unpaired) electrons. The maximum atomic E-state index is 12.3. The first-order valence-corrected chi connectivity index (χ1v) is 6.86. The van der Waals surface area contributed by atoms with Crippen LogP contribution in [-0.4, -0.2) is 58.5 Å². The third kappa shape index (κ3) is 2.83. The molecule has 0 saturated carbocycles. The van der Waals surface area contributed by atoms with E-state index in [0.29, 0.717) is 0 Å². The summed E-state index contributed by atoms with van der Waals surface area (Å²) in [6.45, 7) is 4.49. The van der Waals surface area contributed by atoms with Crippen molar-refractivity contribution in [1.82, 2.24) is 9.80 Å². The summed E-state index contributed by atoms with van der Waals surface area (Å²) < 4.78 is 0. The molecule has 2 atom stereocenters. The Morgan fingerprint density at radius 2 is 1.89 bits per heavy atom. The van der Waals surface area contributed by atoms with Gasteiger partial charge in [-0.15, -0.1) is 0 Å². The van der Waals surface area contributed by atoms with Gasteiger partial charge in [0.1, 0.15) is 0 Å². The number of hydrogen-bond acceptors (Lipinski definition) is 3. The van der Waals surface area contributed by atoms with Crippen molar-refractivity contribution in [1.29, 1.82) is 0 Å². The predicted molar refractivity (Wildman–Crippen MR) is 67.3 cm³/mol. The summed E-state index contributed by atoms with van der Waals surface area (Å²) >= 11 is 0. The molecule has 5 nitrogen and oxygen atoms in total. The zero-order valence-corrected chi connectivity index (χ0v) is 11.0. The van der Waals surface area contributed by atoms with Crippen LogP contribution in [0.5, 0.6) is 0 Å². The summed E-state index contributed by atoms with van der Waals surface area (Å²) in [5.74, 6) is -0.600. The fourth-order valence-corrected chi connectivity index (χ4v) is 3.13. The minimum Gasteiger partial charge on any atom is -0.481 e. The van der Waals surface area contributed by atoms with Crippen LogP contribution in [-0.2, 0) is 9.59 Å². The zero-order valence-electron chi connectivity index (χ0n) is 11.0. The lowest BCUT2D eigenvalue weighted by atomic mass is 10.1. The summed E-state index contributed by atoms with van der Waals surface area (Å²) in [7, 11) is 0. The zero-order chi connectivity index (χ0) is 13.1. The van der Waals surface area contributed by atoms with E-state index in [9.17, 15) is 9.59 Å². The summed E-state index contributed by atoms with van der Waals surface area (Å²) in [5.41, 5.74) is 0. The van der Waals surface area contributed by atoms with Gasteiger partial charge in [-0.2, -0.15) is 0 Å². The second kappa shape index (κ2) is 5.69. The van der Waals surface area contributed by atoms with Gasteiger partial charge >= 0.3 is 5.97 Å². The number of nitrogens with zero attached hydrogens (tertiary/aromatic N) is 2. The SMILES string of the molecule is CC(C(=O)N1CCCC1)N1CCCC1CC(=O)O. The van der Waals surface area contributed by atoms with E-state index in [-0.39, 0.29) is 24.4 Å². The topological polar surface area (TPSA) is 60.9 Å². The molecule has 2 aliphatic heterocycles. The minimum atomic E-state index is -0.771. The molecule has 0 bridgehead atoms. The number of carboxylic acids is 1. The van der Waals surface area contributed by atoms with Crippen molar-refractivity contribution in [3.63, 3.8) is 0 Å². The van der Waals surface area contributed by atoms with Crippen molar-refractivity contribution in [3.05, 3.63) is 0 Å². The van der Waals surface area contributed by atoms with Crippen LogP contribution in [0, 0.1) is 0 Å². The first kappa shape index (κ1) is 13.3. The Bertz CT molecular complexity index is 326. The molecule has 2 fully saturated rings. The molecule has 0 aromatic rings. The number of carbonyl (C=O) groups excluding carboxylic acids is 1. The number of carboxylic acid groups (broad SMARTS) is 1. The highest BCUT2D eigenvalue weighted by molar-refractivity contribution is 5.82. The van der Waals surface area contributed by atoms with Crippen molar-refractivity contribution < 1.29 is 14.7 Å². The first-order valence-electron chi connectivity index (χ1n) is 6.86. The van der Waals surface area contributed by atoms with Crippen molar-refractivity contribution in [2.75, 3.05) is 19.6 Å². The van der Waals surface area contributed by atoms with Gasteiger partial charge < -0.3 is 10.0 Å². The Labute approximate surface area is 108 Å². The molecule has 1 N–H and O–H groups in total. The number of likely N-dealkylation sites (tertiary alicyclic amines) is 2. The van der Waals surface area contributed by atoms with Crippen LogP contribution in [0.25, 0.3) is 0 Å². The van der Waals surface area contributed by atoms with E-state index < -0.39 is 5.97 Å². The maximum absolute atomic E-state index is 12.3. The molecule has 0 aliphatic carbocycles. The van der Waals surface area contributed by atoms with Crippen LogP contribution in [0.4, 0.5) is 0 Å². The highest BCUT2D eigenvalue weighted by atomic mass is 16.4. The molecule has 5 heteroatoms. The molecule has 2 unspecified atom stereocenters. The molecule has 2 aliphatic rings. The average molecular weight is 254 g/mol. The van der Waals surface area contributed by atoms with Crippen LogP contribution in [0.2, 0.25) is 0 Å². The normalized spacial score (nSPS) is 26.5. The molecule has 0 aromatic heterocycles. The van der Waals surface area contributed by atoms with Crippen molar-refractivity contribution in [2.45, 2.75) is 51.1 Å². The smallest absolute Gasteiger partial charge is 0.304 e. The van der Waals surface area contributed by atoms with E-state index in [4.69, 9.17) is 5.11 Å². The van der Waals surface area contributed by atoms with E-state index in [1.807, 2.05) is 11.8 Å². The lowest BCUT2D eigenvalue weighted by molar-refractivity contribution is -0.141. The molecule has 18 heavy (non-hydrogen) atoms. The van der Waals surface area contributed by atoms with Crippen LogP contribution in [0.15, 0.2) is 0 Å². The van der Waals surface area contributed by atoms with Crippen LogP contribution in [0.3, 0.4) is 0 Å². The lowest BCUT2D eigenvalue weighted by Crippen LogP contribution is -2.48. The van der Waals surface area contributed by atoms with E-state index in [1.165, 1.54) is 0 Å². The van der Waals surface area contributed by atoms with Gasteiger partial charge in [-0.05, 0) is 39.2 Å². The number of rotatable bonds is 4. The fourth-order valence-electron chi connectivity index (χ4n) is 3.13. The highest BCUT2D eigenvalue weighted by Crippen LogP contribution is 2.24. The predicted octanol–water partition coefficient (Wildman–Crippen LogP) is 0.936. The van der Waals surface area contributed by atoms with Gasteiger partial charge in [0.05, 0.1) is 12.5 Å². The van der Waals surface area contributed by atoms with Crippen LogP contribution < -0.4 is 0 Å². The number of amides is 1. The average Bonchev–Trinajstić information content (AvgIpc) is 2.96. The largest absolute Gasteiger partial charge is 0.481 e. The monoisotopic (exact) mass is 254 g/mol. The van der Waals surface area contributed by atoms with Gasteiger partial charge in [0, 0.05) is 19.1 Å². The molecule has 0 aromatic carbocycles. The first-order chi connectivity index (χ1) is 8.59. The fraction of sp³-hybridized carbons (Fsp3) is 0.846. The second-order valence-electron chi connectivity index (χ2n) is 5.34. The molecule has 1 amide bonds. The van der Waals surface area contributed by atoms with Gasteiger partial charge in [-0.3, -0.25) is 14.5 Å². The van der Waals surface area contributed by atoms with E-state index >= 15 is 0 Å². The van der Waals surface area contributed by atoms with Crippen molar-refractivity contribution >= 4 is 11.9 Å². The Morgan fingerprint density at radius 1 is 1.22 bits per heavy atom. The van der Waals surface area contributed by atoms with E-state index in [2.05, 4.69) is 4.90 Å². The molecular weight excluding hydrogens is 232 g/mol. The summed E-state index contributed by atoms with van der Waals surface area (Å²) in [6.07, 6.45) is 4.23. The van der Waals surface area contributed by atoms with Gasteiger partial charge in [-0.25, -0.2) is 0 Å². The molecule has 2 rings (SSSR count). The van der Waals surface area contributed by atoms with Gasteiger partial charge in [0.2, 0.25) is 5.91 Å². The summed E-state index contributed by atoms with van der Waals surface area (Å²) in [6, 6.07) is -0.140. The Morgan fingerprint density at radius 3 is 2.50 bits per heavy atom. The van der Waals surface area contributed by atoms with Crippen molar-refractivity contribution in [2.24, 2.45) is 0 Å². The molecule has 0 spiro atoms. The van der Waals surface area contributed by atoms with Crippen LogP contribution >= 0.6 is 0 Å². The number of hydrogen-bond donors (Lipinski definition) is 1. The van der Waals surface area contributed by atoms with E-state index in [1.54, 1.807) is 0 Å². The standard InChI is InChI=1S/C13H22N2O3/c1-10(13(18)14-6-2-3-7-14)15-8-4-5-11(15)9-12(16)17/h10-11H,2-9H2,1H3,(H,16,17). The number of aliphatic carboxylic acids is 1. The third-order valence-electron chi connectivity index (χ3n) is 4.11. The Balaban J connectivity index is 1.96. The second-order valence-corrected chi connectivity index (χ2v) is 5.34. The lowest BCUT2D eigenvalue weighted by Gasteiger charge is -2.31. The maximum Gasteiger partial charge on any atom is 0.304 e. The van der Waals surface area contributed by atoms with E-state index in [0.717, 1.165) is 45.3 Å². The molecular formula is C13H22N2O3. The molecule has 2 heterocycles. The van der Waals surface area contributed by atoms with Gasteiger partial charge in [0.25, 0.3) is 0 Å². The Hall–Kier alpha value is -1.10. The minimum absolute atomic E-state index is 0.0315. The Kier molecular flexibility index (Phi) is 4.22. The number of carbonyl (C=O) groups is 2. The van der Waals surface area contributed by atoms with Crippen molar-refractivity contribution in [3.8, 4) is 0 Å². The summed E-state index contributed by atoms with van der Waals surface area (Å²) in [4.78, 5) is 27.1. The van der Waals surface area contributed by atoms with Gasteiger partial charge in [0.15, 0.2) is 0 Å². The third-order valence-corrected chi connectivity index (χ3v) is 4.11. The van der Waals surface area contributed by atoms with Gasteiger partial charge in [-0.1, -0.05) is 0 Å². The molecule has 2 saturated heterocycles. The quantitative estimate of drug-likeness (QED) is 0.811.